The molecule has 100 valence electrons. The summed E-state index contributed by atoms with van der Waals surface area (Å²) in [6.07, 6.45) is 0.845. The van der Waals surface area contributed by atoms with Crippen LogP contribution in [0.25, 0.3) is 11.3 Å². The van der Waals surface area contributed by atoms with E-state index in [9.17, 15) is 0 Å². The van der Waals surface area contributed by atoms with Gasteiger partial charge in [0.15, 0.2) is 0 Å². The molecule has 2 rings (SSSR count). The van der Waals surface area contributed by atoms with E-state index in [1.165, 1.54) is 5.56 Å². The maximum absolute atomic E-state index is 4.68. The molecule has 0 aliphatic heterocycles. The number of nitrogens with one attached hydrogen (secondary N) is 1. The van der Waals surface area contributed by atoms with Crippen LogP contribution >= 0.6 is 0 Å². The van der Waals surface area contributed by atoms with Gasteiger partial charge in [0.25, 0.3) is 0 Å². The van der Waals surface area contributed by atoms with Gasteiger partial charge in [0.05, 0.1) is 5.69 Å². The average Bonchev–Trinajstić information content (AvgIpc) is 2.42. The van der Waals surface area contributed by atoms with Crippen LogP contribution < -0.4 is 5.32 Å². The van der Waals surface area contributed by atoms with Gasteiger partial charge in [-0.25, -0.2) is 9.97 Å². The molecule has 1 N–H and O–H groups in total. The van der Waals surface area contributed by atoms with E-state index in [1.807, 2.05) is 0 Å². The average molecular weight is 255 g/mol. The predicted molar refractivity (Wildman–Crippen MR) is 80.5 cm³/mol. The second-order valence-corrected chi connectivity index (χ2v) is 4.71. The monoisotopic (exact) mass is 255 g/mol. The molecule has 0 aliphatic carbocycles. The van der Waals surface area contributed by atoms with Crippen molar-refractivity contribution in [3.8, 4) is 11.3 Å². The van der Waals surface area contributed by atoms with Crippen molar-refractivity contribution in [2.24, 2.45) is 0 Å². The Balaban J connectivity index is 2.54. The van der Waals surface area contributed by atoms with Crippen molar-refractivity contribution in [2.75, 3.05) is 11.9 Å². The summed E-state index contributed by atoms with van der Waals surface area (Å²) in [4.78, 5) is 9.24. The van der Waals surface area contributed by atoms with Crippen molar-refractivity contribution < 1.29 is 0 Å². The molecule has 19 heavy (non-hydrogen) atoms. The van der Waals surface area contributed by atoms with E-state index in [1.54, 1.807) is 0 Å². The van der Waals surface area contributed by atoms with Crippen molar-refractivity contribution in [2.45, 2.75) is 34.1 Å². The molecule has 0 amide bonds. The highest BCUT2D eigenvalue weighted by Gasteiger charge is 2.11. The Kier molecular flexibility index (Phi) is 4.15. The molecular formula is C16H21N3. The Labute approximate surface area is 115 Å². The van der Waals surface area contributed by atoms with E-state index in [4.69, 9.17) is 0 Å². The van der Waals surface area contributed by atoms with Gasteiger partial charge in [-0.15, -0.1) is 0 Å². The lowest BCUT2D eigenvalue weighted by Crippen LogP contribution is -2.07. The third-order valence-electron chi connectivity index (χ3n) is 3.18. The van der Waals surface area contributed by atoms with Gasteiger partial charge in [0.1, 0.15) is 11.6 Å². The molecule has 0 saturated heterocycles. The van der Waals surface area contributed by atoms with E-state index < -0.39 is 0 Å². The molecule has 0 radical (unpaired) electrons. The highest BCUT2D eigenvalue weighted by atomic mass is 15.0. The van der Waals surface area contributed by atoms with Gasteiger partial charge >= 0.3 is 0 Å². The summed E-state index contributed by atoms with van der Waals surface area (Å²) in [7, 11) is 0. The molecule has 1 aromatic carbocycles. The van der Waals surface area contributed by atoms with Crippen LogP contribution in [0.1, 0.15) is 30.8 Å². The second-order valence-electron chi connectivity index (χ2n) is 4.71. The number of benzene rings is 1. The first-order chi connectivity index (χ1) is 9.15. The molecule has 1 heterocycles. The molecule has 0 aliphatic rings. The molecule has 3 nitrogen and oxygen atoms in total. The van der Waals surface area contributed by atoms with Crippen LogP contribution in [0.3, 0.4) is 0 Å². The quantitative estimate of drug-likeness (QED) is 0.904. The topological polar surface area (TPSA) is 37.8 Å². The molecule has 0 saturated carbocycles. The Morgan fingerprint density at radius 1 is 1.00 bits per heavy atom. The summed E-state index contributed by atoms with van der Waals surface area (Å²) in [5.74, 6) is 1.84. The summed E-state index contributed by atoms with van der Waals surface area (Å²) in [6, 6.07) is 8.49. The Morgan fingerprint density at radius 2 is 1.68 bits per heavy atom. The van der Waals surface area contributed by atoms with Gasteiger partial charge in [0, 0.05) is 24.1 Å². The van der Waals surface area contributed by atoms with Crippen LogP contribution in [-0.4, -0.2) is 16.5 Å². The van der Waals surface area contributed by atoms with Gasteiger partial charge in [-0.2, -0.15) is 0 Å². The normalized spacial score (nSPS) is 10.5. The number of rotatable bonds is 4. The largest absolute Gasteiger partial charge is 0.370 e. The standard InChI is InChI=1S/C16H21N3/c1-5-14-18-15(12(4)16(19-14)17-6-2)13-9-7-11(3)8-10-13/h7-10H,5-6H2,1-4H3,(H,17,18,19). The first kappa shape index (κ1) is 13.5. The smallest absolute Gasteiger partial charge is 0.133 e. The number of aromatic nitrogens is 2. The van der Waals surface area contributed by atoms with Crippen molar-refractivity contribution in [3.05, 3.63) is 41.2 Å². The highest BCUT2D eigenvalue weighted by Crippen LogP contribution is 2.26. The lowest BCUT2D eigenvalue weighted by molar-refractivity contribution is 0.930. The van der Waals surface area contributed by atoms with Crippen LogP contribution in [-0.2, 0) is 6.42 Å². The van der Waals surface area contributed by atoms with Crippen molar-refractivity contribution in [1.29, 1.82) is 0 Å². The summed E-state index contributed by atoms with van der Waals surface area (Å²) < 4.78 is 0. The summed E-state index contributed by atoms with van der Waals surface area (Å²) >= 11 is 0. The molecule has 3 heteroatoms. The van der Waals surface area contributed by atoms with E-state index >= 15 is 0 Å². The van der Waals surface area contributed by atoms with Crippen molar-refractivity contribution in [3.63, 3.8) is 0 Å². The Hall–Kier alpha value is -1.90. The van der Waals surface area contributed by atoms with Gasteiger partial charge in [-0.3, -0.25) is 0 Å². The maximum Gasteiger partial charge on any atom is 0.133 e. The molecule has 0 unspecified atom stereocenters. The van der Waals surface area contributed by atoms with Crippen LogP contribution in [0, 0.1) is 13.8 Å². The zero-order valence-electron chi connectivity index (χ0n) is 12.1. The van der Waals surface area contributed by atoms with E-state index in [2.05, 4.69) is 67.2 Å². The first-order valence-corrected chi connectivity index (χ1v) is 6.84. The van der Waals surface area contributed by atoms with E-state index in [0.29, 0.717) is 0 Å². The van der Waals surface area contributed by atoms with Crippen LogP contribution in [0.5, 0.6) is 0 Å². The van der Waals surface area contributed by atoms with E-state index in [0.717, 1.165) is 41.4 Å². The van der Waals surface area contributed by atoms with Gasteiger partial charge in [0.2, 0.25) is 0 Å². The minimum Gasteiger partial charge on any atom is -0.370 e. The zero-order valence-corrected chi connectivity index (χ0v) is 12.1. The van der Waals surface area contributed by atoms with Gasteiger partial charge < -0.3 is 5.32 Å². The third kappa shape index (κ3) is 2.92. The number of aryl methyl sites for hydroxylation is 2. The summed E-state index contributed by atoms with van der Waals surface area (Å²) in [5, 5.41) is 3.32. The predicted octanol–water partition coefficient (Wildman–Crippen LogP) is 3.75. The summed E-state index contributed by atoms with van der Waals surface area (Å²) in [6.45, 7) is 9.21. The third-order valence-corrected chi connectivity index (χ3v) is 3.18. The van der Waals surface area contributed by atoms with Crippen LogP contribution in [0.15, 0.2) is 24.3 Å². The minimum atomic E-state index is 0.845. The minimum absolute atomic E-state index is 0.845. The highest BCUT2D eigenvalue weighted by molar-refractivity contribution is 5.68. The summed E-state index contributed by atoms with van der Waals surface area (Å²) in [5.41, 5.74) is 4.56. The number of nitrogens with zero attached hydrogens (tertiary/aromatic N) is 2. The lowest BCUT2D eigenvalue weighted by atomic mass is 10.1. The van der Waals surface area contributed by atoms with Gasteiger partial charge in [-0.05, 0) is 20.8 Å². The lowest BCUT2D eigenvalue weighted by Gasteiger charge is -2.13. The zero-order chi connectivity index (χ0) is 13.8. The first-order valence-electron chi connectivity index (χ1n) is 6.84. The number of hydrogen-bond acceptors (Lipinski definition) is 3. The molecular weight excluding hydrogens is 234 g/mol. The fourth-order valence-corrected chi connectivity index (χ4v) is 2.05. The molecule has 0 fully saturated rings. The SMILES string of the molecule is CCNc1nc(CC)nc(-c2ccc(C)cc2)c1C. The maximum atomic E-state index is 4.68. The van der Waals surface area contributed by atoms with Crippen molar-refractivity contribution in [1.82, 2.24) is 9.97 Å². The number of hydrogen-bond donors (Lipinski definition) is 1. The fraction of sp³-hybridized carbons (Fsp3) is 0.375. The molecule has 0 bridgehead atoms. The molecule has 0 atom stereocenters. The number of anilines is 1. The molecule has 0 spiro atoms. The van der Waals surface area contributed by atoms with E-state index in [-0.39, 0.29) is 0 Å². The Bertz CT molecular complexity index is 559. The van der Waals surface area contributed by atoms with Gasteiger partial charge in [-0.1, -0.05) is 36.8 Å². The molecule has 2 aromatic rings. The van der Waals surface area contributed by atoms with Crippen LogP contribution in [0.4, 0.5) is 5.82 Å². The van der Waals surface area contributed by atoms with Crippen LogP contribution in [0.2, 0.25) is 0 Å². The Morgan fingerprint density at radius 3 is 2.26 bits per heavy atom. The van der Waals surface area contributed by atoms with Crippen molar-refractivity contribution >= 4 is 5.82 Å². The molecule has 1 aromatic heterocycles. The fourth-order valence-electron chi connectivity index (χ4n) is 2.05. The second kappa shape index (κ2) is 5.83.